The molecule has 36 heavy (non-hydrogen) atoms. The first-order valence-electron chi connectivity index (χ1n) is 12.7. The van der Waals surface area contributed by atoms with Gasteiger partial charge in [0.25, 0.3) is 0 Å². The molecule has 3 heterocycles. The summed E-state index contributed by atoms with van der Waals surface area (Å²) < 4.78 is 5.02. The quantitative estimate of drug-likeness (QED) is 0.640. The number of nitrogens with zero attached hydrogens (tertiary/aromatic N) is 4. The second-order valence-electron chi connectivity index (χ2n) is 9.38. The van der Waals surface area contributed by atoms with Crippen molar-refractivity contribution in [1.29, 1.82) is 0 Å². The molecule has 3 amide bonds. The minimum atomic E-state index is -0.377. The van der Waals surface area contributed by atoms with E-state index in [0.29, 0.717) is 44.9 Å². The van der Waals surface area contributed by atoms with Crippen molar-refractivity contribution in [3.8, 4) is 0 Å². The highest BCUT2D eigenvalue weighted by Gasteiger charge is 2.32. The van der Waals surface area contributed by atoms with Gasteiger partial charge in [-0.3, -0.25) is 4.79 Å². The van der Waals surface area contributed by atoms with E-state index >= 15 is 0 Å². The largest absolute Gasteiger partial charge is 0.462 e. The fourth-order valence-electron chi connectivity index (χ4n) is 4.82. The number of hydrogen-bond donors (Lipinski definition) is 1. The number of rotatable bonds is 5. The van der Waals surface area contributed by atoms with E-state index in [2.05, 4.69) is 15.2 Å². The van der Waals surface area contributed by atoms with Crippen molar-refractivity contribution >= 4 is 29.4 Å². The SMILES string of the molecule is CCOC(=O)c1ccc(N2CCCN(C(=O)C3CCCN(C(=O)Nc4cccc(C)c4)C3)CC2)nc1. The summed E-state index contributed by atoms with van der Waals surface area (Å²) in [6.07, 6.45) is 3.98. The Morgan fingerprint density at radius 3 is 2.61 bits per heavy atom. The van der Waals surface area contributed by atoms with Crippen molar-refractivity contribution in [2.24, 2.45) is 5.92 Å². The lowest BCUT2D eigenvalue weighted by atomic mass is 9.96. The van der Waals surface area contributed by atoms with E-state index in [1.807, 2.05) is 42.2 Å². The molecule has 0 bridgehead atoms. The molecule has 4 rings (SSSR count). The van der Waals surface area contributed by atoms with Crippen LogP contribution in [-0.2, 0) is 9.53 Å². The van der Waals surface area contributed by atoms with Gasteiger partial charge in [-0.2, -0.15) is 0 Å². The van der Waals surface area contributed by atoms with Crippen LogP contribution in [0.3, 0.4) is 0 Å². The van der Waals surface area contributed by atoms with Crippen LogP contribution < -0.4 is 10.2 Å². The van der Waals surface area contributed by atoms with Crippen molar-refractivity contribution in [1.82, 2.24) is 14.8 Å². The number of urea groups is 1. The fraction of sp³-hybridized carbons (Fsp3) is 0.481. The maximum absolute atomic E-state index is 13.4. The van der Waals surface area contributed by atoms with Gasteiger partial charge in [0, 0.05) is 51.2 Å². The second kappa shape index (κ2) is 11.9. The van der Waals surface area contributed by atoms with Crippen LogP contribution in [0.15, 0.2) is 42.6 Å². The Labute approximate surface area is 212 Å². The number of hydrogen-bond acceptors (Lipinski definition) is 6. The van der Waals surface area contributed by atoms with Gasteiger partial charge < -0.3 is 24.8 Å². The summed E-state index contributed by atoms with van der Waals surface area (Å²) in [4.78, 5) is 48.4. The van der Waals surface area contributed by atoms with Gasteiger partial charge in [-0.05, 0) is 62.9 Å². The highest BCUT2D eigenvalue weighted by molar-refractivity contribution is 5.90. The first kappa shape index (κ1) is 25.5. The summed E-state index contributed by atoms with van der Waals surface area (Å²) >= 11 is 0. The minimum absolute atomic E-state index is 0.121. The van der Waals surface area contributed by atoms with Crippen LogP contribution in [0.4, 0.5) is 16.3 Å². The molecule has 2 saturated heterocycles. The second-order valence-corrected chi connectivity index (χ2v) is 9.38. The van der Waals surface area contributed by atoms with Crippen molar-refractivity contribution in [3.63, 3.8) is 0 Å². The molecule has 0 saturated carbocycles. The third-order valence-electron chi connectivity index (χ3n) is 6.72. The lowest BCUT2D eigenvalue weighted by molar-refractivity contribution is -0.136. The maximum Gasteiger partial charge on any atom is 0.339 e. The summed E-state index contributed by atoms with van der Waals surface area (Å²) in [6.45, 7) is 7.92. The third kappa shape index (κ3) is 6.33. The predicted molar refractivity (Wildman–Crippen MR) is 138 cm³/mol. The molecule has 1 aromatic carbocycles. The van der Waals surface area contributed by atoms with Crippen LogP contribution in [0.25, 0.3) is 0 Å². The van der Waals surface area contributed by atoms with Crippen LogP contribution in [0.2, 0.25) is 0 Å². The van der Waals surface area contributed by atoms with Gasteiger partial charge in [-0.25, -0.2) is 14.6 Å². The van der Waals surface area contributed by atoms with E-state index in [1.165, 1.54) is 0 Å². The summed E-state index contributed by atoms with van der Waals surface area (Å²) in [5.74, 6) is 0.346. The van der Waals surface area contributed by atoms with E-state index in [0.717, 1.165) is 42.9 Å². The molecule has 1 aromatic heterocycles. The first-order valence-corrected chi connectivity index (χ1v) is 12.7. The number of aromatic nitrogens is 1. The standard InChI is InChI=1S/C27H35N5O4/c1-3-36-26(34)21-10-11-24(28-18-21)30-13-6-14-31(16-15-30)25(33)22-8-5-12-32(19-22)27(35)29-23-9-4-7-20(2)17-23/h4,7,9-11,17-18,22H,3,5-6,8,12-16,19H2,1-2H3,(H,29,35). The van der Waals surface area contributed by atoms with Gasteiger partial charge in [-0.15, -0.1) is 0 Å². The average Bonchev–Trinajstić information content (AvgIpc) is 3.15. The molecule has 1 unspecified atom stereocenters. The normalized spacial score (nSPS) is 18.4. The number of carbonyl (C=O) groups is 3. The third-order valence-corrected chi connectivity index (χ3v) is 6.72. The Bertz CT molecular complexity index is 1070. The monoisotopic (exact) mass is 493 g/mol. The number of likely N-dealkylation sites (tertiary alicyclic amines) is 1. The van der Waals surface area contributed by atoms with Crippen LogP contribution in [0.5, 0.6) is 0 Å². The number of aryl methyl sites for hydroxylation is 1. The molecule has 0 spiro atoms. The van der Waals surface area contributed by atoms with E-state index < -0.39 is 0 Å². The molecule has 2 aliphatic rings. The van der Waals surface area contributed by atoms with Crippen molar-refractivity contribution in [2.75, 3.05) is 56.1 Å². The highest BCUT2D eigenvalue weighted by Crippen LogP contribution is 2.22. The summed E-state index contributed by atoms with van der Waals surface area (Å²) in [5, 5.41) is 2.96. The molecule has 1 N–H and O–H groups in total. The van der Waals surface area contributed by atoms with Crippen molar-refractivity contribution in [3.05, 3.63) is 53.7 Å². The zero-order chi connectivity index (χ0) is 25.5. The number of pyridine rings is 1. The van der Waals surface area contributed by atoms with Crippen LogP contribution in [0.1, 0.15) is 42.1 Å². The van der Waals surface area contributed by atoms with Gasteiger partial charge in [0.2, 0.25) is 5.91 Å². The molecule has 2 aromatic rings. The topological polar surface area (TPSA) is 95.1 Å². The van der Waals surface area contributed by atoms with Gasteiger partial charge in [0.05, 0.1) is 18.1 Å². The molecule has 0 aliphatic carbocycles. The zero-order valence-electron chi connectivity index (χ0n) is 21.1. The van der Waals surface area contributed by atoms with Crippen LogP contribution in [-0.4, -0.2) is 78.6 Å². The summed E-state index contributed by atoms with van der Waals surface area (Å²) in [5.41, 5.74) is 2.28. The van der Waals surface area contributed by atoms with Gasteiger partial charge >= 0.3 is 12.0 Å². The Hall–Kier alpha value is -3.62. The molecule has 2 aliphatic heterocycles. The Kier molecular flexibility index (Phi) is 8.40. The molecule has 1 atom stereocenters. The number of anilines is 2. The maximum atomic E-state index is 13.4. The number of nitrogens with one attached hydrogen (secondary N) is 1. The number of esters is 1. The predicted octanol–water partition coefficient (Wildman–Crippen LogP) is 3.55. The smallest absolute Gasteiger partial charge is 0.339 e. The molecule has 9 nitrogen and oxygen atoms in total. The van der Waals surface area contributed by atoms with Gasteiger partial charge in [0.1, 0.15) is 5.82 Å². The number of carbonyl (C=O) groups excluding carboxylic acids is 3. The minimum Gasteiger partial charge on any atom is -0.462 e. The lowest BCUT2D eigenvalue weighted by Gasteiger charge is -2.34. The molecule has 0 radical (unpaired) electrons. The van der Waals surface area contributed by atoms with Crippen molar-refractivity contribution in [2.45, 2.75) is 33.1 Å². The average molecular weight is 494 g/mol. The molecule has 2 fully saturated rings. The van der Waals surface area contributed by atoms with Crippen molar-refractivity contribution < 1.29 is 19.1 Å². The van der Waals surface area contributed by atoms with Crippen LogP contribution in [0, 0.1) is 12.8 Å². The first-order chi connectivity index (χ1) is 17.4. The van der Waals surface area contributed by atoms with E-state index in [4.69, 9.17) is 4.74 Å². The Morgan fingerprint density at radius 2 is 1.86 bits per heavy atom. The highest BCUT2D eigenvalue weighted by atomic mass is 16.5. The fourth-order valence-corrected chi connectivity index (χ4v) is 4.82. The summed E-state index contributed by atoms with van der Waals surface area (Å²) in [6, 6.07) is 11.1. The zero-order valence-corrected chi connectivity index (χ0v) is 21.1. The summed E-state index contributed by atoms with van der Waals surface area (Å²) in [7, 11) is 0. The van der Waals surface area contributed by atoms with Gasteiger partial charge in [0.15, 0.2) is 0 Å². The van der Waals surface area contributed by atoms with E-state index in [9.17, 15) is 14.4 Å². The Balaban J connectivity index is 1.31. The van der Waals surface area contributed by atoms with E-state index in [-0.39, 0.29) is 23.8 Å². The number of amides is 3. The Morgan fingerprint density at radius 1 is 1.03 bits per heavy atom. The molecular weight excluding hydrogens is 458 g/mol. The number of benzene rings is 1. The number of ether oxygens (including phenoxy) is 1. The van der Waals surface area contributed by atoms with Gasteiger partial charge in [-0.1, -0.05) is 12.1 Å². The molecular formula is C27H35N5O4. The van der Waals surface area contributed by atoms with E-state index in [1.54, 1.807) is 24.1 Å². The lowest BCUT2D eigenvalue weighted by Crippen LogP contribution is -2.48. The molecule has 192 valence electrons. The molecule has 9 heteroatoms. The van der Waals surface area contributed by atoms with Crippen LogP contribution >= 0.6 is 0 Å². The number of piperidine rings is 1.